The molecule has 0 amide bonds. The highest BCUT2D eigenvalue weighted by atomic mass is 19.1. The Hall–Kier alpha value is -3.01. The lowest BCUT2D eigenvalue weighted by Crippen LogP contribution is -2.33. The van der Waals surface area contributed by atoms with Gasteiger partial charge in [-0.05, 0) is 44.6 Å². The number of carbonyl (C=O) groups excluding carboxylic acids is 1. The van der Waals surface area contributed by atoms with Crippen molar-refractivity contribution in [1.29, 1.82) is 0 Å². The fourth-order valence-corrected chi connectivity index (χ4v) is 2.65. The normalized spacial score (nSPS) is 12.0. The second-order valence-electron chi connectivity index (χ2n) is 7.52. The number of nitrogens with zero attached hydrogens (tertiary/aromatic N) is 4. The van der Waals surface area contributed by atoms with Gasteiger partial charge in [-0.2, -0.15) is 15.0 Å². The molecule has 0 aliphatic rings. The summed E-state index contributed by atoms with van der Waals surface area (Å²) < 4.78 is 18.4. The van der Waals surface area contributed by atoms with E-state index in [0.29, 0.717) is 24.6 Å². The number of anilines is 4. The Morgan fingerprint density at radius 1 is 1.17 bits per heavy atom. The highest BCUT2D eigenvalue weighted by Crippen LogP contribution is 2.18. The molecule has 1 heterocycles. The number of methoxy groups -OCH3 is 1. The van der Waals surface area contributed by atoms with E-state index < -0.39 is 12.0 Å². The largest absolute Gasteiger partial charge is 0.467 e. The van der Waals surface area contributed by atoms with Crippen LogP contribution in [0.25, 0.3) is 0 Å². The first-order valence-corrected chi connectivity index (χ1v) is 9.78. The van der Waals surface area contributed by atoms with E-state index in [9.17, 15) is 9.18 Å². The maximum Gasteiger partial charge on any atom is 0.328 e. The molecule has 0 saturated heterocycles. The van der Waals surface area contributed by atoms with Crippen LogP contribution >= 0.6 is 0 Å². The minimum Gasteiger partial charge on any atom is -0.467 e. The van der Waals surface area contributed by atoms with E-state index in [1.807, 2.05) is 32.8 Å². The molecule has 30 heavy (non-hydrogen) atoms. The molecule has 0 unspecified atom stereocenters. The third kappa shape index (κ3) is 7.78. The molecule has 9 nitrogen and oxygen atoms in total. The topological polar surface area (TPSA) is 104 Å². The predicted molar refractivity (Wildman–Crippen MR) is 115 cm³/mol. The van der Waals surface area contributed by atoms with Gasteiger partial charge in [0.2, 0.25) is 17.8 Å². The first kappa shape index (κ1) is 23.3. The number of hydrogen-bond acceptors (Lipinski definition) is 9. The summed E-state index contributed by atoms with van der Waals surface area (Å²) in [6, 6.07) is 5.38. The number of halogens is 1. The molecule has 0 radical (unpaired) electrons. The van der Waals surface area contributed by atoms with Crippen LogP contribution in [0.15, 0.2) is 24.3 Å². The molecular formula is C20H30FN7O2. The molecule has 2 aromatic rings. The van der Waals surface area contributed by atoms with E-state index >= 15 is 0 Å². The molecule has 0 bridgehead atoms. The van der Waals surface area contributed by atoms with Crippen LogP contribution < -0.4 is 16.0 Å². The second kappa shape index (κ2) is 11.2. The molecule has 1 atom stereocenters. The van der Waals surface area contributed by atoms with E-state index in [-0.39, 0.29) is 23.6 Å². The summed E-state index contributed by atoms with van der Waals surface area (Å²) in [7, 11) is 5.27. The molecule has 1 aromatic carbocycles. The van der Waals surface area contributed by atoms with Gasteiger partial charge in [-0.1, -0.05) is 19.9 Å². The van der Waals surface area contributed by atoms with Crippen LogP contribution in [0, 0.1) is 11.7 Å². The van der Waals surface area contributed by atoms with Gasteiger partial charge in [0.1, 0.15) is 11.9 Å². The van der Waals surface area contributed by atoms with Crippen molar-refractivity contribution in [3.05, 3.63) is 30.1 Å². The maximum atomic E-state index is 13.5. The van der Waals surface area contributed by atoms with Gasteiger partial charge in [-0.15, -0.1) is 0 Å². The Labute approximate surface area is 176 Å². The summed E-state index contributed by atoms with van der Waals surface area (Å²) in [5.41, 5.74) is 0.498. The highest BCUT2D eigenvalue weighted by Gasteiger charge is 2.22. The number of esters is 1. The summed E-state index contributed by atoms with van der Waals surface area (Å²) in [5.74, 6) is 0.253. The lowest BCUT2D eigenvalue weighted by Gasteiger charge is -2.19. The minimum atomic E-state index is -0.603. The van der Waals surface area contributed by atoms with Crippen molar-refractivity contribution in [2.45, 2.75) is 26.3 Å². The molecular weight excluding hydrogens is 389 g/mol. The zero-order chi connectivity index (χ0) is 22.1. The van der Waals surface area contributed by atoms with Crippen LogP contribution in [0.3, 0.4) is 0 Å². The van der Waals surface area contributed by atoms with E-state index in [4.69, 9.17) is 4.74 Å². The summed E-state index contributed by atoms with van der Waals surface area (Å²) in [6.07, 6.45) is 0.550. The van der Waals surface area contributed by atoms with Crippen LogP contribution in [0.1, 0.15) is 20.3 Å². The van der Waals surface area contributed by atoms with E-state index in [1.165, 1.54) is 19.2 Å². The quantitative estimate of drug-likeness (QED) is 0.474. The Balaban J connectivity index is 2.28. The number of rotatable bonds is 11. The van der Waals surface area contributed by atoms with Gasteiger partial charge in [-0.25, -0.2) is 9.18 Å². The lowest BCUT2D eigenvalue weighted by atomic mass is 10.0. The second-order valence-corrected chi connectivity index (χ2v) is 7.52. The van der Waals surface area contributed by atoms with E-state index in [2.05, 4.69) is 30.9 Å². The van der Waals surface area contributed by atoms with Gasteiger partial charge in [0.05, 0.1) is 7.11 Å². The van der Waals surface area contributed by atoms with Gasteiger partial charge in [0.15, 0.2) is 0 Å². The van der Waals surface area contributed by atoms with Gasteiger partial charge in [0, 0.05) is 18.8 Å². The first-order valence-electron chi connectivity index (χ1n) is 9.78. The smallest absolute Gasteiger partial charge is 0.328 e. The standard InChI is InChI=1S/C20H30FN7O2/c1-13(2)11-16(17(29)30-5)24-20-26-18(22-9-10-28(3)4)25-19(27-20)23-15-8-6-7-14(21)12-15/h6-8,12-13,16H,9-11H2,1-5H3,(H3,22,23,24,25,26,27)/t16-/m0/s1. The van der Waals surface area contributed by atoms with E-state index in [0.717, 1.165) is 6.54 Å². The minimum absolute atomic E-state index is 0.215. The number of carbonyl (C=O) groups is 1. The Morgan fingerprint density at radius 3 is 2.50 bits per heavy atom. The fraction of sp³-hybridized carbons (Fsp3) is 0.500. The summed E-state index contributed by atoms with van der Waals surface area (Å²) in [5, 5.41) is 9.15. The van der Waals surface area contributed by atoms with Gasteiger partial charge in [0.25, 0.3) is 0 Å². The number of nitrogens with one attached hydrogen (secondary N) is 3. The number of aromatic nitrogens is 3. The van der Waals surface area contributed by atoms with Crippen LogP contribution in [0.2, 0.25) is 0 Å². The number of hydrogen-bond donors (Lipinski definition) is 3. The molecule has 0 fully saturated rings. The van der Waals surface area contributed by atoms with Crippen LogP contribution in [-0.4, -0.2) is 66.2 Å². The zero-order valence-electron chi connectivity index (χ0n) is 18.1. The van der Waals surface area contributed by atoms with Crippen molar-refractivity contribution in [3.63, 3.8) is 0 Å². The number of likely N-dealkylation sites (N-methyl/N-ethyl adjacent to an activating group) is 1. The molecule has 0 spiro atoms. The van der Waals surface area contributed by atoms with Crippen molar-refractivity contribution < 1.29 is 13.9 Å². The monoisotopic (exact) mass is 419 g/mol. The van der Waals surface area contributed by atoms with Crippen LogP contribution in [0.5, 0.6) is 0 Å². The van der Waals surface area contributed by atoms with Crippen molar-refractivity contribution >= 4 is 29.5 Å². The molecule has 10 heteroatoms. The number of benzene rings is 1. The predicted octanol–water partition coefficient (Wildman–Crippen LogP) is 2.73. The average molecular weight is 420 g/mol. The molecule has 164 valence electrons. The Kier molecular flexibility index (Phi) is 8.72. The highest BCUT2D eigenvalue weighted by molar-refractivity contribution is 5.78. The zero-order valence-corrected chi connectivity index (χ0v) is 18.1. The molecule has 1 aromatic heterocycles. The number of ether oxygens (including phenoxy) is 1. The third-order valence-electron chi connectivity index (χ3n) is 4.05. The molecule has 0 saturated carbocycles. The summed E-state index contributed by atoms with van der Waals surface area (Å²) in [4.78, 5) is 27.2. The summed E-state index contributed by atoms with van der Waals surface area (Å²) in [6.45, 7) is 5.41. The SMILES string of the molecule is COC(=O)[C@H](CC(C)C)Nc1nc(NCCN(C)C)nc(Nc2cccc(F)c2)n1. The van der Waals surface area contributed by atoms with Gasteiger partial charge in [-0.3, -0.25) is 0 Å². The molecule has 0 aliphatic carbocycles. The fourth-order valence-electron chi connectivity index (χ4n) is 2.65. The van der Waals surface area contributed by atoms with Gasteiger partial charge < -0.3 is 25.6 Å². The van der Waals surface area contributed by atoms with Crippen LogP contribution in [0.4, 0.5) is 27.9 Å². The van der Waals surface area contributed by atoms with Crippen LogP contribution in [-0.2, 0) is 9.53 Å². The van der Waals surface area contributed by atoms with Crippen molar-refractivity contribution in [3.8, 4) is 0 Å². The van der Waals surface area contributed by atoms with Crippen molar-refractivity contribution in [2.75, 3.05) is 50.2 Å². The molecule has 0 aliphatic heterocycles. The average Bonchev–Trinajstić information content (AvgIpc) is 2.66. The van der Waals surface area contributed by atoms with Crippen molar-refractivity contribution in [1.82, 2.24) is 19.9 Å². The summed E-state index contributed by atoms with van der Waals surface area (Å²) >= 11 is 0. The maximum absolute atomic E-state index is 13.5. The van der Waals surface area contributed by atoms with Crippen molar-refractivity contribution in [2.24, 2.45) is 5.92 Å². The third-order valence-corrected chi connectivity index (χ3v) is 4.05. The Morgan fingerprint density at radius 2 is 1.87 bits per heavy atom. The van der Waals surface area contributed by atoms with E-state index in [1.54, 1.807) is 12.1 Å². The Bertz CT molecular complexity index is 833. The van der Waals surface area contributed by atoms with Gasteiger partial charge >= 0.3 is 5.97 Å². The molecule has 3 N–H and O–H groups in total. The lowest BCUT2D eigenvalue weighted by molar-refractivity contribution is -0.141. The first-order chi connectivity index (χ1) is 14.3. The molecule has 2 rings (SSSR count).